The second-order valence-corrected chi connectivity index (χ2v) is 5.15. The average Bonchev–Trinajstić information content (AvgIpc) is 2.50. The minimum atomic E-state index is -0.429. The van der Waals surface area contributed by atoms with Crippen LogP contribution in [0.3, 0.4) is 0 Å². The molecule has 1 aromatic carbocycles. The summed E-state index contributed by atoms with van der Waals surface area (Å²) >= 11 is 5.84. The van der Waals surface area contributed by atoms with Gasteiger partial charge >= 0.3 is 0 Å². The van der Waals surface area contributed by atoms with E-state index < -0.39 is 5.82 Å². The maximum atomic E-state index is 12.9. The Morgan fingerprint density at radius 2 is 2.09 bits per heavy atom. The molecule has 0 saturated heterocycles. The van der Waals surface area contributed by atoms with Crippen LogP contribution in [0.25, 0.3) is 0 Å². The van der Waals surface area contributed by atoms with Gasteiger partial charge in [0.15, 0.2) is 0 Å². The van der Waals surface area contributed by atoms with E-state index in [-0.39, 0.29) is 30.0 Å². The number of hydrogen-bond donors (Lipinski definition) is 1. The van der Waals surface area contributed by atoms with Crippen molar-refractivity contribution in [1.82, 2.24) is 10.3 Å². The van der Waals surface area contributed by atoms with Crippen LogP contribution in [0, 0.1) is 5.82 Å². The van der Waals surface area contributed by atoms with Crippen LogP contribution in [0.15, 0.2) is 42.7 Å². The third-order valence-electron chi connectivity index (χ3n) is 3.06. The molecule has 1 heterocycles. The number of aromatic nitrogens is 1. The molecule has 0 fully saturated rings. The molecule has 4 nitrogen and oxygen atoms in total. The highest BCUT2D eigenvalue weighted by Crippen LogP contribution is 2.24. The number of benzene rings is 1. The van der Waals surface area contributed by atoms with Gasteiger partial charge in [0, 0.05) is 12.4 Å². The van der Waals surface area contributed by atoms with Gasteiger partial charge in [0.1, 0.15) is 11.6 Å². The van der Waals surface area contributed by atoms with Gasteiger partial charge in [-0.15, -0.1) is 0 Å². The predicted molar refractivity (Wildman–Crippen MR) is 82.3 cm³/mol. The molecule has 0 saturated carbocycles. The van der Waals surface area contributed by atoms with Gasteiger partial charge in [-0.3, -0.25) is 9.78 Å². The lowest BCUT2D eigenvalue weighted by atomic mass is 10.1. The fourth-order valence-electron chi connectivity index (χ4n) is 1.90. The molecule has 6 heteroatoms. The molecule has 1 amide bonds. The Bertz CT molecular complexity index is 637. The lowest BCUT2D eigenvalue weighted by Gasteiger charge is -2.14. The molecule has 2 aromatic rings. The Kier molecular flexibility index (Phi) is 5.72. The molecule has 22 heavy (non-hydrogen) atoms. The number of hydrogen-bond acceptors (Lipinski definition) is 3. The molecule has 0 bridgehead atoms. The van der Waals surface area contributed by atoms with E-state index >= 15 is 0 Å². The molecule has 1 atom stereocenters. The minimum Gasteiger partial charge on any atom is -0.491 e. The summed E-state index contributed by atoms with van der Waals surface area (Å²) in [4.78, 5) is 15.8. The van der Waals surface area contributed by atoms with Crippen molar-refractivity contribution in [2.75, 3.05) is 6.61 Å². The normalized spacial score (nSPS) is 11.8. The van der Waals surface area contributed by atoms with E-state index in [1.54, 1.807) is 12.4 Å². The highest BCUT2D eigenvalue weighted by Gasteiger charge is 2.10. The smallest absolute Gasteiger partial charge is 0.223 e. The Morgan fingerprint density at radius 1 is 1.36 bits per heavy atom. The molecule has 1 N–H and O–H groups in total. The van der Waals surface area contributed by atoms with E-state index in [1.165, 1.54) is 18.2 Å². The Morgan fingerprint density at radius 3 is 2.77 bits per heavy atom. The summed E-state index contributed by atoms with van der Waals surface area (Å²) in [7, 11) is 0. The number of carbonyl (C=O) groups excluding carboxylic acids is 1. The number of pyridine rings is 1. The molecule has 1 aromatic heterocycles. The van der Waals surface area contributed by atoms with E-state index in [9.17, 15) is 9.18 Å². The monoisotopic (exact) mass is 322 g/mol. The zero-order valence-corrected chi connectivity index (χ0v) is 12.8. The van der Waals surface area contributed by atoms with Crippen LogP contribution in [0.5, 0.6) is 5.75 Å². The Hall–Kier alpha value is -2.14. The van der Waals surface area contributed by atoms with Crippen LogP contribution in [-0.2, 0) is 4.79 Å². The zero-order chi connectivity index (χ0) is 15.9. The first-order chi connectivity index (χ1) is 10.6. The van der Waals surface area contributed by atoms with Crippen LogP contribution in [0.2, 0.25) is 5.02 Å². The largest absolute Gasteiger partial charge is 0.491 e. The Labute approximate surface area is 133 Å². The molecule has 0 radical (unpaired) electrons. The fourth-order valence-corrected chi connectivity index (χ4v) is 2.12. The van der Waals surface area contributed by atoms with Crippen LogP contribution in [0.1, 0.15) is 24.9 Å². The number of ether oxygens (including phenoxy) is 1. The lowest BCUT2D eigenvalue weighted by molar-refractivity contribution is -0.122. The Balaban J connectivity index is 1.78. The van der Waals surface area contributed by atoms with Gasteiger partial charge in [-0.2, -0.15) is 0 Å². The number of halogens is 2. The van der Waals surface area contributed by atoms with Crippen molar-refractivity contribution in [3.05, 3.63) is 59.1 Å². The summed E-state index contributed by atoms with van der Waals surface area (Å²) in [6, 6.07) is 7.45. The van der Waals surface area contributed by atoms with Crippen LogP contribution in [0.4, 0.5) is 4.39 Å². The van der Waals surface area contributed by atoms with Crippen LogP contribution >= 0.6 is 11.6 Å². The standard InChI is InChI=1S/C16H16ClFN2O2/c1-11(12-4-7-19-8-5-12)20-16(21)6-9-22-15-3-2-13(18)10-14(15)17/h2-5,7-8,10-11H,6,9H2,1H3,(H,20,21). The zero-order valence-electron chi connectivity index (χ0n) is 12.1. The molecule has 0 aliphatic carbocycles. The minimum absolute atomic E-state index is 0.107. The van der Waals surface area contributed by atoms with Gasteiger partial charge in [0.05, 0.1) is 24.1 Å². The number of nitrogens with zero attached hydrogens (tertiary/aromatic N) is 1. The lowest BCUT2D eigenvalue weighted by Crippen LogP contribution is -2.27. The fraction of sp³-hybridized carbons (Fsp3) is 0.250. The van der Waals surface area contributed by atoms with Crippen molar-refractivity contribution in [2.24, 2.45) is 0 Å². The molecule has 0 aliphatic rings. The van der Waals surface area contributed by atoms with Crippen molar-refractivity contribution in [1.29, 1.82) is 0 Å². The average molecular weight is 323 g/mol. The third kappa shape index (κ3) is 4.70. The van der Waals surface area contributed by atoms with Gasteiger partial charge < -0.3 is 10.1 Å². The van der Waals surface area contributed by atoms with Gasteiger partial charge in [-0.1, -0.05) is 11.6 Å². The number of nitrogens with one attached hydrogen (secondary N) is 1. The summed E-state index contributed by atoms with van der Waals surface area (Å²) in [6.45, 7) is 2.06. The van der Waals surface area contributed by atoms with Crippen molar-refractivity contribution in [3.8, 4) is 5.75 Å². The number of rotatable bonds is 6. The quantitative estimate of drug-likeness (QED) is 0.885. The highest BCUT2D eigenvalue weighted by molar-refractivity contribution is 6.32. The van der Waals surface area contributed by atoms with Gasteiger partial charge in [-0.05, 0) is 42.8 Å². The highest BCUT2D eigenvalue weighted by atomic mass is 35.5. The van der Waals surface area contributed by atoms with E-state index in [0.717, 1.165) is 5.56 Å². The molecule has 116 valence electrons. The van der Waals surface area contributed by atoms with E-state index in [2.05, 4.69) is 10.3 Å². The SMILES string of the molecule is CC(NC(=O)CCOc1ccc(F)cc1Cl)c1ccncc1. The first kappa shape index (κ1) is 16.2. The molecule has 0 aliphatic heterocycles. The maximum absolute atomic E-state index is 12.9. The van der Waals surface area contributed by atoms with Gasteiger partial charge in [0.2, 0.25) is 5.91 Å². The second-order valence-electron chi connectivity index (χ2n) is 4.74. The first-order valence-electron chi connectivity index (χ1n) is 6.83. The van der Waals surface area contributed by atoms with Crippen molar-refractivity contribution in [3.63, 3.8) is 0 Å². The van der Waals surface area contributed by atoms with Gasteiger partial charge in [0.25, 0.3) is 0 Å². The van der Waals surface area contributed by atoms with Crippen molar-refractivity contribution < 1.29 is 13.9 Å². The third-order valence-corrected chi connectivity index (χ3v) is 3.36. The molecular formula is C16H16ClFN2O2. The van der Waals surface area contributed by atoms with E-state index in [0.29, 0.717) is 5.75 Å². The number of carbonyl (C=O) groups is 1. The summed E-state index contributed by atoms with van der Waals surface area (Å²) in [5.74, 6) is -0.207. The number of amides is 1. The van der Waals surface area contributed by atoms with Crippen LogP contribution < -0.4 is 10.1 Å². The summed E-state index contributed by atoms with van der Waals surface area (Å²) in [5.41, 5.74) is 0.978. The van der Waals surface area contributed by atoms with Crippen molar-refractivity contribution >= 4 is 17.5 Å². The molecular weight excluding hydrogens is 307 g/mol. The first-order valence-corrected chi connectivity index (χ1v) is 7.21. The summed E-state index contributed by atoms with van der Waals surface area (Å²) in [5, 5.41) is 3.05. The predicted octanol–water partition coefficient (Wildman–Crippen LogP) is 3.52. The molecule has 1 unspecified atom stereocenters. The molecule has 2 rings (SSSR count). The molecule has 0 spiro atoms. The van der Waals surface area contributed by atoms with Crippen LogP contribution in [-0.4, -0.2) is 17.5 Å². The van der Waals surface area contributed by atoms with Gasteiger partial charge in [-0.25, -0.2) is 4.39 Å². The van der Waals surface area contributed by atoms with Crippen molar-refractivity contribution in [2.45, 2.75) is 19.4 Å². The second kappa shape index (κ2) is 7.75. The topological polar surface area (TPSA) is 51.2 Å². The van der Waals surface area contributed by atoms with E-state index in [1.807, 2.05) is 19.1 Å². The summed E-state index contributed by atoms with van der Waals surface area (Å²) < 4.78 is 18.3. The maximum Gasteiger partial charge on any atom is 0.223 e. The summed E-state index contributed by atoms with van der Waals surface area (Å²) in [6.07, 6.45) is 3.54. The van der Waals surface area contributed by atoms with E-state index in [4.69, 9.17) is 16.3 Å².